The van der Waals surface area contributed by atoms with Crippen LogP contribution in [-0.4, -0.2) is 45.7 Å². The second-order valence-corrected chi connectivity index (χ2v) is 13.1. The van der Waals surface area contributed by atoms with Crippen molar-refractivity contribution >= 4 is 43.4 Å². The van der Waals surface area contributed by atoms with Gasteiger partial charge in [-0.2, -0.15) is 5.10 Å². The van der Waals surface area contributed by atoms with Crippen LogP contribution in [0, 0.1) is 5.82 Å². The van der Waals surface area contributed by atoms with Crippen molar-refractivity contribution in [2.75, 3.05) is 11.6 Å². The number of H-pyrrole nitrogens is 2. The predicted molar refractivity (Wildman–Crippen MR) is 180 cm³/mol. The minimum absolute atomic E-state index is 0.0218. The molecule has 0 atom stereocenters. The number of fused-ring (bicyclic) bond motifs is 2. The lowest BCUT2D eigenvalue weighted by Crippen LogP contribution is -2.21. The van der Waals surface area contributed by atoms with Crippen molar-refractivity contribution in [1.29, 1.82) is 0 Å². The van der Waals surface area contributed by atoms with Gasteiger partial charge in [-0.3, -0.25) is 19.9 Å². The predicted octanol–water partition coefficient (Wildman–Crippen LogP) is 6.20. The average molecular weight is 646 g/mol. The summed E-state index contributed by atoms with van der Waals surface area (Å²) in [6, 6.07) is 25.4. The van der Waals surface area contributed by atoms with E-state index in [1.54, 1.807) is 24.7 Å². The maximum absolute atomic E-state index is 14.7. The van der Waals surface area contributed by atoms with E-state index in [2.05, 4.69) is 35.2 Å². The van der Waals surface area contributed by atoms with Crippen LogP contribution in [0.2, 0.25) is 0 Å². The van der Waals surface area contributed by atoms with Crippen LogP contribution < -0.4 is 10.0 Å². The summed E-state index contributed by atoms with van der Waals surface area (Å²) in [4.78, 5) is 25.0. The summed E-state index contributed by atoms with van der Waals surface area (Å²) in [7, 11) is -3.44. The van der Waals surface area contributed by atoms with Crippen LogP contribution in [0.25, 0.3) is 55.6 Å². The first-order chi connectivity index (χ1) is 22.7. The second kappa shape index (κ2) is 12.2. The molecule has 0 radical (unpaired) electrons. The van der Waals surface area contributed by atoms with Gasteiger partial charge < -0.3 is 10.3 Å². The van der Waals surface area contributed by atoms with Crippen molar-refractivity contribution in [3.8, 4) is 33.8 Å². The van der Waals surface area contributed by atoms with E-state index in [-0.39, 0.29) is 18.9 Å². The molecule has 10 nitrogen and oxygen atoms in total. The SMILES string of the molecule is CS(=O)(=O)NCc1cc(F)cc(-c2cccc3[nH]c(-c4n[nH]c5cnc(-c6cncc(NC(=O)Cc7ccccc7)c6)cc45)cc23)c1. The minimum Gasteiger partial charge on any atom is -0.353 e. The van der Waals surface area contributed by atoms with E-state index in [1.807, 2.05) is 66.7 Å². The van der Waals surface area contributed by atoms with Crippen LogP contribution in [0.3, 0.4) is 0 Å². The maximum Gasteiger partial charge on any atom is 0.228 e. The van der Waals surface area contributed by atoms with Crippen LogP contribution in [-0.2, 0) is 27.8 Å². The van der Waals surface area contributed by atoms with Gasteiger partial charge in [0.2, 0.25) is 15.9 Å². The van der Waals surface area contributed by atoms with Gasteiger partial charge in [0.05, 0.1) is 47.7 Å². The van der Waals surface area contributed by atoms with Crippen molar-refractivity contribution in [1.82, 2.24) is 29.9 Å². The topological polar surface area (TPSA) is 146 Å². The van der Waals surface area contributed by atoms with E-state index in [0.29, 0.717) is 28.2 Å². The number of rotatable bonds is 9. The lowest BCUT2D eigenvalue weighted by atomic mass is 9.99. The van der Waals surface area contributed by atoms with Crippen molar-refractivity contribution in [2.45, 2.75) is 13.0 Å². The maximum atomic E-state index is 14.7. The molecule has 0 saturated heterocycles. The number of hydrogen-bond donors (Lipinski definition) is 4. The molecule has 12 heteroatoms. The first-order valence-electron chi connectivity index (χ1n) is 14.7. The lowest BCUT2D eigenvalue weighted by Gasteiger charge is -2.08. The monoisotopic (exact) mass is 645 g/mol. The van der Waals surface area contributed by atoms with Gasteiger partial charge in [0.15, 0.2) is 0 Å². The standard InChI is InChI=1S/C35H28FN7O3S/c1-47(45,46)39-17-22-10-23(13-25(36)11-22)27-8-5-9-30-28(27)15-32(41-30)35-29-16-31(38-20-33(29)42-43-35)24-14-26(19-37-18-24)40-34(44)12-21-6-3-2-4-7-21/h2-11,13-16,18-20,39,41H,12,17H2,1H3,(H,40,44)(H,42,43). The molecule has 1 amide bonds. The number of amides is 1. The van der Waals surface area contributed by atoms with Gasteiger partial charge in [0.1, 0.15) is 11.5 Å². The van der Waals surface area contributed by atoms with Gasteiger partial charge >= 0.3 is 0 Å². The van der Waals surface area contributed by atoms with Crippen molar-refractivity contribution in [3.05, 3.63) is 120 Å². The second-order valence-electron chi connectivity index (χ2n) is 11.3. The third-order valence-corrected chi connectivity index (χ3v) is 8.37. The Hall–Kier alpha value is -5.72. The van der Waals surface area contributed by atoms with Crippen LogP contribution in [0.1, 0.15) is 11.1 Å². The molecule has 4 aromatic heterocycles. The molecule has 0 aliphatic rings. The van der Waals surface area contributed by atoms with Crippen LogP contribution in [0.15, 0.2) is 104 Å². The summed E-state index contributed by atoms with van der Waals surface area (Å²) in [5.41, 5.74) is 7.73. The Balaban J connectivity index is 1.20. The fraction of sp³-hybridized carbons (Fsp3) is 0.0857. The van der Waals surface area contributed by atoms with Gasteiger partial charge in [0.25, 0.3) is 0 Å². The highest BCUT2D eigenvalue weighted by atomic mass is 32.2. The molecular formula is C35H28FN7O3S. The molecule has 47 heavy (non-hydrogen) atoms. The van der Waals surface area contributed by atoms with Gasteiger partial charge in [0, 0.05) is 34.6 Å². The zero-order chi connectivity index (χ0) is 32.5. The quantitative estimate of drug-likeness (QED) is 0.147. The first kappa shape index (κ1) is 30.0. The molecule has 0 unspecified atom stereocenters. The zero-order valence-electron chi connectivity index (χ0n) is 25.1. The van der Waals surface area contributed by atoms with E-state index in [4.69, 9.17) is 0 Å². The largest absolute Gasteiger partial charge is 0.353 e. The van der Waals surface area contributed by atoms with Gasteiger partial charge in [-0.15, -0.1) is 0 Å². The average Bonchev–Trinajstić information content (AvgIpc) is 3.68. The van der Waals surface area contributed by atoms with E-state index in [1.165, 1.54) is 12.1 Å². The highest BCUT2D eigenvalue weighted by Gasteiger charge is 2.16. The molecule has 0 bridgehead atoms. The minimum atomic E-state index is -3.44. The lowest BCUT2D eigenvalue weighted by molar-refractivity contribution is -0.115. The third kappa shape index (κ3) is 6.64. The fourth-order valence-electron chi connectivity index (χ4n) is 5.57. The summed E-state index contributed by atoms with van der Waals surface area (Å²) in [5, 5.41) is 12.2. The van der Waals surface area contributed by atoms with E-state index < -0.39 is 15.8 Å². The van der Waals surface area contributed by atoms with Crippen LogP contribution in [0.4, 0.5) is 10.1 Å². The van der Waals surface area contributed by atoms with E-state index >= 15 is 0 Å². The number of pyridine rings is 2. The number of benzene rings is 3. The van der Waals surface area contributed by atoms with Crippen molar-refractivity contribution in [2.24, 2.45) is 0 Å². The Labute approximate surface area is 269 Å². The molecule has 7 aromatic rings. The molecule has 234 valence electrons. The molecular weight excluding hydrogens is 617 g/mol. The summed E-state index contributed by atoms with van der Waals surface area (Å²) < 4.78 is 40.3. The third-order valence-electron chi connectivity index (χ3n) is 7.70. The Kier molecular flexibility index (Phi) is 7.80. The molecule has 0 aliphatic carbocycles. The Bertz CT molecular complexity index is 2390. The van der Waals surface area contributed by atoms with Crippen LogP contribution >= 0.6 is 0 Å². The van der Waals surface area contributed by atoms with Crippen LogP contribution in [0.5, 0.6) is 0 Å². The Morgan fingerprint density at radius 2 is 1.70 bits per heavy atom. The van der Waals surface area contributed by atoms with E-state index in [0.717, 1.165) is 50.4 Å². The van der Waals surface area contributed by atoms with Gasteiger partial charge in [-0.05, 0) is 64.7 Å². The number of aromatic amines is 2. The smallest absolute Gasteiger partial charge is 0.228 e. The number of sulfonamides is 1. The molecule has 0 aliphatic heterocycles. The highest BCUT2D eigenvalue weighted by molar-refractivity contribution is 7.88. The summed E-state index contributed by atoms with van der Waals surface area (Å²) in [6.45, 7) is -0.0218. The number of halogens is 1. The number of aromatic nitrogens is 5. The molecule has 0 spiro atoms. The number of hydrogen-bond acceptors (Lipinski definition) is 6. The molecule has 0 saturated carbocycles. The number of carbonyl (C=O) groups excluding carboxylic acids is 1. The van der Waals surface area contributed by atoms with Crippen molar-refractivity contribution in [3.63, 3.8) is 0 Å². The van der Waals surface area contributed by atoms with Gasteiger partial charge in [-0.1, -0.05) is 42.5 Å². The Morgan fingerprint density at radius 3 is 2.53 bits per heavy atom. The highest BCUT2D eigenvalue weighted by Crippen LogP contribution is 2.35. The zero-order valence-corrected chi connectivity index (χ0v) is 25.9. The number of nitrogens with one attached hydrogen (secondary N) is 4. The van der Waals surface area contributed by atoms with Crippen molar-refractivity contribution < 1.29 is 17.6 Å². The number of nitrogens with zero attached hydrogens (tertiary/aromatic N) is 3. The summed E-state index contributed by atoms with van der Waals surface area (Å²) >= 11 is 0. The molecule has 4 heterocycles. The normalized spacial score (nSPS) is 11.7. The molecule has 4 N–H and O–H groups in total. The van der Waals surface area contributed by atoms with E-state index in [9.17, 15) is 17.6 Å². The molecule has 3 aromatic carbocycles. The number of carbonyl (C=O) groups is 1. The van der Waals surface area contributed by atoms with Gasteiger partial charge in [-0.25, -0.2) is 17.5 Å². The molecule has 0 fully saturated rings. The molecule has 7 rings (SSSR count). The summed E-state index contributed by atoms with van der Waals surface area (Å²) in [6.07, 6.45) is 6.30. The number of anilines is 1. The first-order valence-corrected chi connectivity index (χ1v) is 16.6. The fourth-order valence-corrected chi connectivity index (χ4v) is 6.00. The summed E-state index contributed by atoms with van der Waals surface area (Å²) in [5.74, 6) is -0.609. The Morgan fingerprint density at radius 1 is 0.851 bits per heavy atom.